The van der Waals surface area contributed by atoms with Crippen molar-refractivity contribution < 1.29 is 9.53 Å². The molecule has 6 aromatic rings. The number of likely N-dealkylation sites (tertiary alicyclic amines) is 1. The summed E-state index contributed by atoms with van der Waals surface area (Å²) in [6.07, 6.45) is 5.64. The van der Waals surface area contributed by atoms with Gasteiger partial charge in [0.2, 0.25) is 5.95 Å². The van der Waals surface area contributed by atoms with Crippen LogP contribution in [0.3, 0.4) is 0 Å². The first-order valence-electron chi connectivity index (χ1n) is 16.3. The van der Waals surface area contributed by atoms with Crippen LogP contribution in [0.4, 0.5) is 5.95 Å². The van der Waals surface area contributed by atoms with Gasteiger partial charge in [0.25, 0.3) is 0 Å². The van der Waals surface area contributed by atoms with Gasteiger partial charge in [-0.05, 0) is 55.3 Å². The highest BCUT2D eigenvalue weighted by Gasteiger charge is 2.35. The molecule has 2 aliphatic heterocycles. The van der Waals surface area contributed by atoms with E-state index in [9.17, 15) is 4.79 Å². The van der Waals surface area contributed by atoms with Gasteiger partial charge >= 0.3 is 5.97 Å². The van der Waals surface area contributed by atoms with Crippen LogP contribution in [0.2, 0.25) is 0 Å². The van der Waals surface area contributed by atoms with Crippen LogP contribution in [-0.4, -0.2) is 79.3 Å². The number of pyridine rings is 2. The van der Waals surface area contributed by atoms with Crippen molar-refractivity contribution in [3.63, 3.8) is 0 Å². The summed E-state index contributed by atoms with van der Waals surface area (Å²) < 4.78 is 4.89. The molecule has 0 bridgehead atoms. The molecule has 6 heterocycles. The molecule has 2 saturated heterocycles. The van der Waals surface area contributed by atoms with Crippen LogP contribution >= 0.6 is 0 Å². The molecule has 48 heavy (non-hydrogen) atoms. The second kappa shape index (κ2) is 12.9. The zero-order valence-corrected chi connectivity index (χ0v) is 26.7. The largest absolute Gasteiger partial charge is 0.469 e. The van der Waals surface area contributed by atoms with Crippen LogP contribution < -0.4 is 4.90 Å². The van der Waals surface area contributed by atoms with Gasteiger partial charge in [0.1, 0.15) is 11.5 Å². The number of nitrogens with one attached hydrogen (secondary N) is 1. The molecule has 240 valence electrons. The first-order valence-corrected chi connectivity index (χ1v) is 16.3. The van der Waals surface area contributed by atoms with E-state index < -0.39 is 0 Å². The van der Waals surface area contributed by atoms with E-state index >= 15 is 0 Å². The molecular weight excluding hydrogens is 602 g/mol. The molecule has 11 nitrogen and oxygen atoms in total. The Morgan fingerprint density at radius 1 is 0.896 bits per heavy atom. The molecule has 0 spiro atoms. The Balaban J connectivity index is 0.981. The van der Waals surface area contributed by atoms with Gasteiger partial charge in [-0.15, -0.1) is 0 Å². The van der Waals surface area contributed by atoms with E-state index in [0.717, 1.165) is 71.8 Å². The van der Waals surface area contributed by atoms with Crippen molar-refractivity contribution in [3.05, 3.63) is 103 Å². The average Bonchev–Trinajstić information content (AvgIpc) is 3.62. The van der Waals surface area contributed by atoms with Gasteiger partial charge in [0, 0.05) is 54.5 Å². The summed E-state index contributed by atoms with van der Waals surface area (Å²) in [6.45, 7) is 3.96. The van der Waals surface area contributed by atoms with Crippen LogP contribution in [0, 0.1) is 5.92 Å². The second-order valence-electron chi connectivity index (χ2n) is 12.5. The normalized spacial score (nSPS) is 15.8. The quantitative estimate of drug-likeness (QED) is 0.213. The first-order chi connectivity index (χ1) is 23.6. The number of rotatable bonds is 8. The molecule has 2 fully saturated rings. The fourth-order valence-electron chi connectivity index (χ4n) is 6.58. The van der Waals surface area contributed by atoms with E-state index in [0.29, 0.717) is 36.4 Å². The van der Waals surface area contributed by atoms with Crippen molar-refractivity contribution >= 4 is 23.0 Å². The number of hydrogen-bond donors (Lipinski definition) is 1. The molecular formula is C37H35N9O2. The first kappa shape index (κ1) is 29.8. The number of anilines is 1. The van der Waals surface area contributed by atoms with Crippen molar-refractivity contribution in [3.8, 4) is 33.9 Å². The van der Waals surface area contributed by atoms with Gasteiger partial charge < -0.3 is 9.64 Å². The van der Waals surface area contributed by atoms with Gasteiger partial charge in [-0.1, -0.05) is 60.7 Å². The summed E-state index contributed by atoms with van der Waals surface area (Å²) in [4.78, 5) is 40.0. The second-order valence-corrected chi connectivity index (χ2v) is 12.5. The number of benzene rings is 2. The van der Waals surface area contributed by atoms with E-state index in [4.69, 9.17) is 19.7 Å². The lowest BCUT2D eigenvalue weighted by molar-refractivity contribution is -0.146. The molecule has 2 aliphatic rings. The molecule has 0 saturated carbocycles. The molecule has 1 N–H and O–H groups in total. The Kier molecular flexibility index (Phi) is 8.03. The predicted molar refractivity (Wildman–Crippen MR) is 183 cm³/mol. The van der Waals surface area contributed by atoms with Crippen molar-refractivity contribution in [2.45, 2.75) is 25.3 Å². The highest BCUT2D eigenvalue weighted by Crippen LogP contribution is 2.34. The van der Waals surface area contributed by atoms with Crippen molar-refractivity contribution in [2.24, 2.45) is 5.92 Å². The summed E-state index contributed by atoms with van der Waals surface area (Å²) in [5, 5.41) is 8.43. The summed E-state index contributed by atoms with van der Waals surface area (Å²) >= 11 is 0. The van der Waals surface area contributed by atoms with Crippen LogP contribution in [-0.2, 0) is 16.1 Å². The maximum atomic E-state index is 11.9. The molecule has 0 aliphatic carbocycles. The Morgan fingerprint density at radius 3 is 2.44 bits per heavy atom. The SMILES string of the molecule is COC(=O)C1CN(c2ncc3cc(-c4ccccc4)c(-c4ccc(CN5CCC(c6nc(-c7ccccn7)n[nH]6)CC5)cc4)nc3n2)C1. The third kappa shape index (κ3) is 6.00. The molecule has 2 aromatic carbocycles. The Labute approximate surface area is 278 Å². The number of esters is 1. The van der Waals surface area contributed by atoms with Gasteiger partial charge in [0.05, 0.1) is 18.7 Å². The summed E-state index contributed by atoms with van der Waals surface area (Å²) in [6, 6.07) is 26.9. The molecule has 8 rings (SSSR count). The van der Waals surface area contributed by atoms with Crippen LogP contribution in [0.15, 0.2) is 91.3 Å². The Bertz CT molecular complexity index is 2040. The number of methoxy groups -OCH3 is 1. The number of aromatic nitrogens is 7. The maximum Gasteiger partial charge on any atom is 0.312 e. The van der Waals surface area contributed by atoms with Crippen LogP contribution in [0.25, 0.3) is 44.9 Å². The highest BCUT2D eigenvalue weighted by atomic mass is 16.5. The standard InChI is InChI=1S/C37H35N9O2/c1-48-36(47)29-22-46(23-29)37-39-20-28-19-30(25-7-3-2-4-8-25)32(40-33(28)42-37)26-12-10-24(11-13-26)21-45-17-14-27(15-18-45)34-41-35(44-43-34)31-9-5-6-16-38-31/h2-13,16,19-20,27,29H,14-15,17-18,21-23H2,1H3,(H,41,43,44). The lowest BCUT2D eigenvalue weighted by atomic mass is 9.95. The maximum absolute atomic E-state index is 11.9. The van der Waals surface area contributed by atoms with E-state index in [1.165, 1.54) is 12.7 Å². The van der Waals surface area contributed by atoms with E-state index in [1.54, 1.807) is 6.20 Å². The predicted octanol–water partition coefficient (Wildman–Crippen LogP) is 5.53. The number of nitrogens with zero attached hydrogens (tertiary/aromatic N) is 8. The number of carbonyl (C=O) groups excluding carboxylic acids is 1. The van der Waals surface area contributed by atoms with E-state index in [2.05, 4.69) is 67.5 Å². The number of aromatic amines is 1. The summed E-state index contributed by atoms with van der Waals surface area (Å²) in [5.41, 5.74) is 6.69. The molecule has 0 unspecified atom stereocenters. The Hall–Kier alpha value is -5.55. The lowest BCUT2D eigenvalue weighted by Gasteiger charge is -2.37. The van der Waals surface area contributed by atoms with Crippen molar-refractivity contribution in [1.82, 2.24) is 40.0 Å². The van der Waals surface area contributed by atoms with Gasteiger partial charge in [-0.3, -0.25) is 19.8 Å². The average molecular weight is 638 g/mol. The zero-order chi connectivity index (χ0) is 32.5. The van der Waals surface area contributed by atoms with Crippen molar-refractivity contribution in [2.75, 3.05) is 38.2 Å². The fourth-order valence-corrected chi connectivity index (χ4v) is 6.58. The van der Waals surface area contributed by atoms with Crippen LogP contribution in [0.1, 0.15) is 30.1 Å². The minimum atomic E-state index is -0.199. The topological polar surface area (TPSA) is 126 Å². The summed E-state index contributed by atoms with van der Waals surface area (Å²) in [5.74, 6) is 2.19. The number of piperidine rings is 1. The molecule has 0 atom stereocenters. The van der Waals surface area contributed by atoms with E-state index in [1.807, 2.05) is 47.5 Å². The zero-order valence-electron chi connectivity index (χ0n) is 26.7. The third-order valence-electron chi connectivity index (χ3n) is 9.34. The smallest absolute Gasteiger partial charge is 0.312 e. The minimum absolute atomic E-state index is 0.151. The van der Waals surface area contributed by atoms with E-state index in [-0.39, 0.29) is 11.9 Å². The third-order valence-corrected chi connectivity index (χ3v) is 9.34. The van der Waals surface area contributed by atoms with Crippen LogP contribution in [0.5, 0.6) is 0 Å². The lowest BCUT2D eigenvalue weighted by Crippen LogP contribution is -2.51. The number of hydrogen-bond acceptors (Lipinski definition) is 10. The monoisotopic (exact) mass is 637 g/mol. The highest BCUT2D eigenvalue weighted by molar-refractivity contribution is 5.90. The summed E-state index contributed by atoms with van der Waals surface area (Å²) in [7, 11) is 1.42. The number of fused-ring (bicyclic) bond motifs is 1. The van der Waals surface area contributed by atoms with Gasteiger partial charge in [-0.2, -0.15) is 10.1 Å². The molecule has 0 amide bonds. The minimum Gasteiger partial charge on any atom is -0.469 e. The Morgan fingerprint density at radius 2 is 1.69 bits per heavy atom. The van der Waals surface area contributed by atoms with Gasteiger partial charge in [-0.25, -0.2) is 15.0 Å². The van der Waals surface area contributed by atoms with Gasteiger partial charge in [0.15, 0.2) is 11.5 Å². The number of ether oxygens (including phenoxy) is 1. The molecule has 0 radical (unpaired) electrons. The molecule has 11 heteroatoms. The fraction of sp³-hybridized carbons (Fsp3) is 0.270. The molecule has 4 aromatic heterocycles. The number of H-pyrrole nitrogens is 1. The number of carbonyl (C=O) groups is 1. The van der Waals surface area contributed by atoms with Crippen molar-refractivity contribution in [1.29, 1.82) is 0 Å².